The van der Waals surface area contributed by atoms with Gasteiger partial charge in [0, 0.05) is 12.6 Å². The molecular weight excluding hydrogens is 292 g/mol. The molecule has 0 aliphatic heterocycles. The van der Waals surface area contributed by atoms with Gasteiger partial charge in [-0.25, -0.2) is 4.79 Å². The van der Waals surface area contributed by atoms with Crippen LogP contribution in [0.15, 0.2) is 12.2 Å². The van der Waals surface area contributed by atoms with Gasteiger partial charge in [0.25, 0.3) is 0 Å². The fourth-order valence-electron chi connectivity index (χ4n) is 3.11. The third-order valence-corrected chi connectivity index (χ3v) is 4.72. The Balaban J connectivity index is 1.88. The third-order valence-electron chi connectivity index (χ3n) is 4.72. The fraction of sp³-hybridized carbons (Fsp3) is 0.778. The highest BCUT2D eigenvalue weighted by molar-refractivity contribution is 5.81. The molecule has 2 rings (SSSR count). The zero-order chi connectivity index (χ0) is 17.1. The van der Waals surface area contributed by atoms with Crippen molar-refractivity contribution in [2.45, 2.75) is 71.4 Å². The number of rotatable bonds is 4. The standard InChI is InChI=1S/C18H30N2O3/c1-17(2,3)23-16(22)20-14-9-6-5-8-13(14)15(21)19-12-18(4)10-7-11-18/h5-6,13-14H,7-12H2,1-4H3,(H,19,21)(H,20,22)/t13-,14+/m0/s1. The summed E-state index contributed by atoms with van der Waals surface area (Å²) in [6.07, 6.45) is 8.50. The van der Waals surface area contributed by atoms with Crippen LogP contribution in [0.25, 0.3) is 0 Å². The van der Waals surface area contributed by atoms with Crippen molar-refractivity contribution in [3.05, 3.63) is 12.2 Å². The Morgan fingerprint density at radius 2 is 1.87 bits per heavy atom. The van der Waals surface area contributed by atoms with E-state index in [1.54, 1.807) is 0 Å². The minimum atomic E-state index is -0.537. The van der Waals surface area contributed by atoms with Crippen molar-refractivity contribution < 1.29 is 14.3 Å². The van der Waals surface area contributed by atoms with E-state index in [0.717, 1.165) is 6.54 Å². The number of ether oxygens (including phenoxy) is 1. The molecule has 130 valence electrons. The van der Waals surface area contributed by atoms with E-state index in [4.69, 9.17) is 4.74 Å². The minimum Gasteiger partial charge on any atom is -0.444 e. The summed E-state index contributed by atoms with van der Waals surface area (Å²) in [5.74, 6) is -0.195. The van der Waals surface area contributed by atoms with Gasteiger partial charge in [-0.15, -0.1) is 0 Å². The molecule has 2 N–H and O–H groups in total. The van der Waals surface area contributed by atoms with E-state index in [9.17, 15) is 9.59 Å². The molecule has 0 bridgehead atoms. The van der Waals surface area contributed by atoms with E-state index in [1.165, 1.54) is 19.3 Å². The smallest absolute Gasteiger partial charge is 0.407 e. The normalized spacial score (nSPS) is 26.1. The summed E-state index contributed by atoms with van der Waals surface area (Å²) in [4.78, 5) is 24.5. The SMILES string of the molecule is CC1(CNC(=O)[C@H]2CC=CC[C@H]2NC(=O)OC(C)(C)C)CCC1. The maximum atomic E-state index is 12.5. The Labute approximate surface area is 139 Å². The number of hydrogen-bond acceptors (Lipinski definition) is 3. The van der Waals surface area contributed by atoms with Gasteiger partial charge in [0.15, 0.2) is 0 Å². The summed E-state index contributed by atoms with van der Waals surface area (Å²) in [7, 11) is 0. The highest BCUT2D eigenvalue weighted by atomic mass is 16.6. The first-order chi connectivity index (χ1) is 10.7. The van der Waals surface area contributed by atoms with E-state index >= 15 is 0 Å². The molecule has 23 heavy (non-hydrogen) atoms. The van der Waals surface area contributed by atoms with Gasteiger partial charge in [0.2, 0.25) is 5.91 Å². The molecular formula is C18H30N2O3. The van der Waals surface area contributed by atoms with Crippen molar-refractivity contribution in [3.63, 3.8) is 0 Å². The Hall–Kier alpha value is -1.52. The molecule has 2 atom stereocenters. The van der Waals surface area contributed by atoms with E-state index in [0.29, 0.717) is 12.8 Å². The van der Waals surface area contributed by atoms with Gasteiger partial charge in [-0.1, -0.05) is 25.5 Å². The second kappa shape index (κ2) is 6.93. The van der Waals surface area contributed by atoms with Crippen LogP contribution in [-0.2, 0) is 9.53 Å². The van der Waals surface area contributed by atoms with Gasteiger partial charge >= 0.3 is 6.09 Å². The van der Waals surface area contributed by atoms with Crippen LogP contribution < -0.4 is 10.6 Å². The average molecular weight is 322 g/mol. The zero-order valence-corrected chi connectivity index (χ0v) is 14.8. The summed E-state index contributed by atoms with van der Waals surface area (Å²) in [5, 5.41) is 5.94. The molecule has 0 aromatic heterocycles. The minimum absolute atomic E-state index is 0.0310. The number of amides is 2. The van der Waals surface area contributed by atoms with Crippen LogP contribution in [0.1, 0.15) is 59.8 Å². The number of nitrogens with one attached hydrogen (secondary N) is 2. The summed E-state index contributed by atoms with van der Waals surface area (Å²) < 4.78 is 5.30. The molecule has 0 unspecified atom stereocenters. The Morgan fingerprint density at radius 1 is 1.22 bits per heavy atom. The quantitative estimate of drug-likeness (QED) is 0.781. The Morgan fingerprint density at radius 3 is 2.43 bits per heavy atom. The van der Waals surface area contributed by atoms with Crippen LogP contribution in [0.2, 0.25) is 0 Å². The molecule has 0 aromatic carbocycles. The van der Waals surface area contributed by atoms with Gasteiger partial charge in [-0.2, -0.15) is 0 Å². The van der Waals surface area contributed by atoms with Gasteiger partial charge in [-0.05, 0) is 51.9 Å². The van der Waals surface area contributed by atoms with E-state index < -0.39 is 11.7 Å². The number of alkyl carbamates (subject to hydrolysis) is 1. The molecule has 0 spiro atoms. The predicted molar refractivity (Wildman–Crippen MR) is 90.0 cm³/mol. The largest absolute Gasteiger partial charge is 0.444 e. The number of hydrogen-bond donors (Lipinski definition) is 2. The van der Waals surface area contributed by atoms with Crippen molar-refractivity contribution in [2.24, 2.45) is 11.3 Å². The monoisotopic (exact) mass is 322 g/mol. The second-order valence-corrected chi connectivity index (χ2v) is 8.18. The van der Waals surface area contributed by atoms with Crippen molar-refractivity contribution in [1.82, 2.24) is 10.6 Å². The van der Waals surface area contributed by atoms with Crippen molar-refractivity contribution in [3.8, 4) is 0 Å². The summed E-state index contributed by atoms with van der Waals surface area (Å²) in [6.45, 7) is 8.43. The molecule has 0 radical (unpaired) electrons. The first kappa shape index (κ1) is 17.8. The fourth-order valence-corrected chi connectivity index (χ4v) is 3.11. The maximum Gasteiger partial charge on any atom is 0.407 e. The van der Waals surface area contributed by atoms with E-state index in [1.807, 2.05) is 32.9 Å². The molecule has 5 nitrogen and oxygen atoms in total. The van der Waals surface area contributed by atoms with Crippen LogP contribution in [0, 0.1) is 11.3 Å². The highest BCUT2D eigenvalue weighted by Crippen LogP contribution is 2.39. The molecule has 5 heteroatoms. The Bertz CT molecular complexity index is 475. The molecule has 0 aromatic rings. The van der Waals surface area contributed by atoms with Crippen molar-refractivity contribution >= 4 is 12.0 Å². The molecule has 0 heterocycles. The lowest BCUT2D eigenvalue weighted by Crippen LogP contribution is -2.50. The summed E-state index contributed by atoms with van der Waals surface area (Å²) in [5.41, 5.74) is -0.278. The van der Waals surface area contributed by atoms with Crippen LogP contribution in [0.3, 0.4) is 0 Å². The lowest BCUT2D eigenvalue weighted by atomic mass is 9.70. The average Bonchev–Trinajstić information content (AvgIpc) is 2.41. The van der Waals surface area contributed by atoms with Crippen molar-refractivity contribution in [2.75, 3.05) is 6.54 Å². The van der Waals surface area contributed by atoms with Crippen LogP contribution in [0.4, 0.5) is 4.79 Å². The zero-order valence-electron chi connectivity index (χ0n) is 14.8. The lowest BCUT2D eigenvalue weighted by molar-refractivity contribution is -0.126. The van der Waals surface area contributed by atoms with Gasteiger partial charge < -0.3 is 15.4 Å². The number of carbonyl (C=O) groups is 2. The highest BCUT2D eigenvalue weighted by Gasteiger charge is 2.35. The molecule has 2 aliphatic carbocycles. The first-order valence-electron chi connectivity index (χ1n) is 8.61. The van der Waals surface area contributed by atoms with Gasteiger partial charge in [-0.3, -0.25) is 4.79 Å². The summed E-state index contributed by atoms with van der Waals surface area (Å²) in [6, 6.07) is -0.205. The molecule has 1 saturated carbocycles. The number of allylic oxidation sites excluding steroid dienone is 1. The number of carbonyl (C=O) groups excluding carboxylic acids is 2. The molecule has 1 fully saturated rings. The predicted octanol–water partition coefficient (Wildman–Crippen LogP) is 3.15. The molecule has 2 aliphatic rings. The van der Waals surface area contributed by atoms with Gasteiger partial charge in [0.05, 0.1) is 5.92 Å². The maximum absolute atomic E-state index is 12.5. The summed E-state index contributed by atoms with van der Waals surface area (Å²) >= 11 is 0. The third kappa shape index (κ3) is 5.26. The van der Waals surface area contributed by atoms with E-state index in [-0.39, 0.29) is 23.3 Å². The van der Waals surface area contributed by atoms with E-state index in [2.05, 4.69) is 17.6 Å². The molecule has 0 saturated heterocycles. The second-order valence-electron chi connectivity index (χ2n) is 8.18. The Kier molecular flexibility index (Phi) is 5.37. The first-order valence-corrected chi connectivity index (χ1v) is 8.61. The van der Waals surface area contributed by atoms with Crippen LogP contribution >= 0.6 is 0 Å². The topological polar surface area (TPSA) is 67.4 Å². The lowest BCUT2D eigenvalue weighted by Gasteiger charge is -2.39. The van der Waals surface area contributed by atoms with Crippen LogP contribution in [-0.4, -0.2) is 30.2 Å². The van der Waals surface area contributed by atoms with Crippen molar-refractivity contribution in [1.29, 1.82) is 0 Å². The molecule has 2 amide bonds. The van der Waals surface area contributed by atoms with Gasteiger partial charge in [0.1, 0.15) is 5.60 Å². The van der Waals surface area contributed by atoms with Crippen LogP contribution in [0.5, 0.6) is 0 Å².